The van der Waals surface area contributed by atoms with Gasteiger partial charge in [0.2, 0.25) is 5.91 Å². The highest BCUT2D eigenvalue weighted by molar-refractivity contribution is 8.14. The van der Waals surface area contributed by atoms with Crippen LogP contribution in [0.1, 0.15) is 17.5 Å². The Morgan fingerprint density at radius 1 is 1.20 bits per heavy atom. The minimum Gasteiger partial charge on any atom is -0.469 e. The number of aliphatic imine (C=N–C) groups is 1. The molecule has 0 fully saturated rings. The number of carbonyl (C=O) groups is 2. The Morgan fingerprint density at radius 2 is 1.93 bits per heavy atom. The molecule has 156 valence electrons. The van der Waals surface area contributed by atoms with Crippen molar-refractivity contribution in [2.45, 2.75) is 20.3 Å². The SMILES string of the molecule is COC(=O)CC1=CC(SCC(=O)Nc2ccccc2F)=Nc2cc(C)c(C)cc2N1. The number of ether oxygens (including phenoxy) is 1. The van der Waals surface area contributed by atoms with Gasteiger partial charge in [0.05, 0.1) is 41.4 Å². The molecule has 2 N–H and O–H groups in total. The van der Waals surface area contributed by atoms with Crippen molar-refractivity contribution in [3.8, 4) is 0 Å². The molecule has 0 spiro atoms. The van der Waals surface area contributed by atoms with Crippen molar-refractivity contribution in [3.63, 3.8) is 0 Å². The lowest BCUT2D eigenvalue weighted by molar-refractivity contribution is -0.139. The largest absolute Gasteiger partial charge is 0.469 e. The summed E-state index contributed by atoms with van der Waals surface area (Å²) >= 11 is 1.20. The number of anilines is 2. The van der Waals surface area contributed by atoms with E-state index in [0.29, 0.717) is 16.4 Å². The monoisotopic (exact) mass is 427 g/mol. The molecule has 1 amide bonds. The first-order chi connectivity index (χ1) is 14.4. The van der Waals surface area contributed by atoms with E-state index in [1.165, 1.54) is 31.0 Å². The van der Waals surface area contributed by atoms with Gasteiger partial charge in [-0.3, -0.25) is 9.59 Å². The van der Waals surface area contributed by atoms with Crippen LogP contribution in [0.5, 0.6) is 0 Å². The molecule has 1 heterocycles. The number of thioether (sulfide) groups is 1. The number of esters is 1. The van der Waals surface area contributed by atoms with Gasteiger partial charge < -0.3 is 15.4 Å². The van der Waals surface area contributed by atoms with Gasteiger partial charge in [0.1, 0.15) is 5.82 Å². The molecular weight excluding hydrogens is 405 g/mol. The number of carbonyl (C=O) groups excluding carboxylic acids is 2. The molecule has 0 unspecified atom stereocenters. The van der Waals surface area contributed by atoms with Crippen molar-refractivity contribution < 1.29 is 18.7 Å². The fourth-order valence-electron chi connectivity index (χ4n) is 2.79. The second kappa shape index (κ2) is 9.58. The molecule has 30 heavy (non-hydrogen) atoms. The van der Waals surface area contributed by atoms with E-state index in [2.05, 4.69) is 15.6 Å². The highest BCUT2D eigenvalue weighted by Gasteiger charge is 2.17. The fourth-order valence-corrected chi connectivity index (χ4v) is 3.53. The Hall–Kier alpha value is -3.13. The zero-order chi connectivity index (χ0) is 21.7. The Labute approximate surface area is 178 Å². The average molecular weight is 428 g/mol. The van der Waals surface area contributed by atoms with Gasteiger partial charge in [0.15, 0.2) is 0 Å². The standard InChI is InChI=1S/C22H22FN3O3S/c1-13-8-18-19(9-14(13)2)26-21(10-15(24-18)11-22(28)29-3)30-12-20(27)25-17-7-5-4-6-16(17)23/h4-10,24H,11-12H2,1-3H3,(H,25,27). The lowest BCUT2D eigenvalue weighted by Crippen LogP contribution is -2.16. The number of hydrogen-bond donors (Lipinski definition) is 2. The van der Waals surface area contributed by atoms with E-state index >= 15 is 0 Å². The first kappa shape index (κ1) is 21.6. The molecular formula is C22H22FN3O3S. The van der Waals surface area contributed by atoms with Crippen molar-refractivity contribution in [2.75, 3.05) is 23.5 Å². The molecule has 1 aliphatic rings. The maximum absolute atomic E-state index is 13.7. The van der Waals surface area contributed by atoms with Gasteiger partial charge in [-0.1, -0.05) is 23.9 Å². The van der Waals surface area contributed by atoms with Crippen molar-refractivity contribution in [1.29, 1.82) is 0 Å². The number of hydrogen-bond acceptors (Lipinski definition) is 6. The second-order valence-corrected chi connectivity index (χ2v) is 7.76. The van der Waals surface area contributed by atoms with Gasteiger partial charge in [-0.05, 0) is 55.3 Å². The lowest BCUT2D eigenvalue weighted by Gasteiger charge is -2.12. The van der Waals surface area contributed by atoms with Crippen LogP contribution in [0.25, 0.3) is 0 Å². The Kier molecular flexibility index (Phi) is 6.89. The van der Waals surface area contributed by atoms with Crippen LogP contribution >= 0.6 is 11.8 Å². The first-order valence-electron chi connectivity index (χ1n) is 9.27. The quantitative estimate of drug-likeness (QED) is 0.675. The molecule has 0 saturated heterocycles. The fraction of sp³-hybridized carbons (Fsp3) is 0.227. The number of amides is 1. The lowest BCUT2D eigenvalue weighted by atomic mass is 10.1. The molecule has 0 aliphatic carbocycles. The Bertz CT molecular complexity index is 1050. The highest BCUT2D eigenvalue weighted by atomic mass is 32.2. The summed E-state index contributed by atoms with van der Waals surface area (Å²) in [4.78, 5) is 28.7. The first-order valence-corrected chi connectivity index (χ1v) is 10.3. The molecule has 6 nitrogen and oxygen atoms in total. The van der Waals surface area contributed by atoms with E-state index in [1.54, 1.807) is 18.2 Å². The zero-order valence-electron chi connectivity index (χ0n) is 16.9. The number of fused-ring (bicyclic) bond motifs is 1. The van der Waals surface area contributed by atoms with Gasteiger partial charge >= 0.3 is 5.97 Å². The molecule has 0 radical (unpaired) electrons. The normalized spacial score (nSPS) is 12.7. The molecule has 0 saturated carbocycles. The highest BCUT2D eigenvalue weighted by Crippen LogP contribution is 2.33. The van der Waals surface area contributed by atoms with Crippen LogP contribution in [0.15, 0.2) is 53.2 Å². The molecule has 1 aliphatic heterocycles. The van der Waals surface area contributed by atoms with Crippen molar-refractivity contribution in [3.05, 3.63) is 65.1 Å². The second-order valence-electron chi connectivity index (χ2n) is 6.77. The number of nitrogens with zero attached hydrogens (tertiary/aromatic N) is 1. The third kappa shape index (κ3) is 5.48. The van der Waals surface area contributed by atoms with Crippen molar-refractivity contribution >= 4 is 45.7 Å². The van der Waals surface area contributed by atoms with Gasteiger partial charge in [-0.25, -0.2) is 9.38 Å². The zero-order valence-corrected chi connectivity index (χ0v) is 17.7. The summed E-state index contributed by atoms with van der Waals surface area (Å²) < 4.78 is 18.5. The number of methoxy groups -OCH3 is 1. The van der Waals surface area contributed by atoms with Crippen LogP contribution in [-0.2, 0) is 14.3 Å². The average Bonchev–Trinajstić information content (AvgIpc) is 2.87. The van der Waals surface area contributed by atoms with E-state index in [9.17, 15) is 14.0 Å². The minimum atomic E-state index is -0.494. The molecule has 2 aromatic carbocycles. The molecule has 8 heteroatoms. The summed E-state index contributed by atoms with van der Waals surface area (Å²) in [6.07, 6.45) is 1.77. The molecule has 3 rings (SSSR count). The van der Waals surface area contributed by atoms with Crippen molar-refractivity contribution in [2.24, 2.45) is 4.99 Å². The topological polar surface area (TPSA) is 79.8 Å². The predicted molar refractivity (Wildman–Crippen MR) is 119 cm³/mol. The van der Waals surface area contributed by atoms with Crippen LogP contribution in [-0.4, -0.2) is 29.8 Å². The Balaban J connectivity index is 1.80. The molecule has 0 bridgehead atoms. The maximum atomic E-state index is 13.7. The summed E-state index contributed by atoms with van der Waals surface area (Å²) in [5.74, 6) is -1.20. The third-order valence-corrected chi connectivity index (χ3v) is 5.41. The van der Waals surface area contributed by atoms with Gasteiger partial charge in [-0.15, -0.1) is 0 Å². The number of para-hydroxylation sites is 1. The number of aryl methyl sites for hydroxylation is 2. The van der Waals surface area contributed by atoms with Gasteiger partial charge in [0, 0.05) is 5.70 Å². The van der Waals surface area contributed by atoms with Crippen LogP contribution in [0.4, 0.5) is 21.5 Å². The van der Waals surface area contributed by atoms with Gasteiger partial charge in [0.25, 0.3) is 0 Å². The smallest absolute Gasteiger partial charge is 0.311 e. The van der Waals surface area contributed by atoms with Crippen molar-refractivity contribution in [1.82, 2.24) is 0 Å². The molecule has 2 aromatic rings. The molecule has 0 aromatic heterocycles. The summed E-state index contributed by atoms with van der Waals surface area (Å²) in [5.41, 5.74) is 4.41. The summed E-state index contributed by atoms with van der Waals surface area (Å²) in [6, 6.07) is 9.91. The number of rotatable bonds is 5. The van der Waals surface area contributed by atoms with Crippen LogP contribution in [0.3, 0.4) is 0 Å². The van der Waals surface area contributed by atoms with Crippen LogP contribution < -0.4 is 10.6 Å². The summed E-state index contributed by atoms with van der Waals surface area (Å²) in [6.45, 7) is 3.99. The number of nitrogens with one attached hydrogen (secondary N) is 2. The number of halogens is 1. The van der Waals surface area contributed by atoms with E-state index in [1.807, 2.05) is 26.0 Å². The van der Waals surface area contributed by atoms with Crippen LogP contribution in [0.2, 0.25) is 0 Å². The van der Waals surface area contributed by atoms with Crippen LogP contribution in [0, 0.1) is 19.7 Å². The van der Waals surface area contributed by atoms with E-state index < -0.39 is 5.82 Å². The molecule has 0 atom stereocenters. The predicted octanol–water partition coefficient (Wildman–Crippen LogP) is 4.72. The van der Waals surface area contributed by atoms with E-state index in [-0.39, 0.29) is 29.7 Å². The Morgan fingerprint density at radius 3 is 2.67 bits per heavy atom. The summed E-state index contributed by atoms with van der Waals surface area (Å²) in [7, 11) is 1.33. The van der Waals surface area contributed by atoms with E-state index in [0.717, 1.165) is 16.8 Å². The maximum Gasteiger partial charge on any atom is 0.311 e. The summed E-state index contributed by atoms with van der Waals surface area (Å²) in [5, 5.41) is 6.36. The van der Waals surface area contributed by atoms with E-state index in [4.69, 9.17) is 4.74 Å². The van der Waals surface area contributed by atoms with Gasteiger partial charge in [-0.2, -0.15) is 0 Å². The third-order valence-electron chi connectivity index (χ3n) is 4.50. The minimum absolute atomic E-state index is 0.0371. The number of benzene rings is 2.